The normalized spacial score (nSPS) is 23.0. The zero-order valence-electron chi connectivity index (χ0n) is 14.9. The summed E-state index contributed by atoms with van der Waals surface area (Å²) in [5.41, 5.74) is 1.44. The predicted molar refractivity (Wildman–Crippen MR) is 104 cm³/mol. The third-order valence-corrected chi connectivity index (χ3v) is 5.20. The SMILES string of the molecule is Cl.O=C(Nc1ccc(-c2noc(=O)[nH]2)cc1)[C@H]1NCCC1N1CCCCC1. The molecular weight excluding hydrogens is 370 g/mol. The van der Waals surface area contributed by atoms with Gasteiger partial charge in [-0.3, -0.25) is 19.2 Å². The summed E-state index contributed by atoms with van der Waals surface area (Å²) >= 11 is 0. The Labute approximate surface area is 163 Å². The fourth-order valence-electron chi connectivity index (χ4n) is 3.89. The van der Waals surface area contributed by atoms with Gasteiger partial charge in [0.25, 0.3) is 0 Å². The Kier molecular flexibility index (Phi) is 6.30. The molecule has 4 rings (SSSR count). The Morgan fingerprint density at radius 1 is 1.19 bits per heavy atom. The molecule has 2 atom stereocenters. The molecule has 8 nitrogen and oxygen atoms in total. The average molecular weight is 394 g/mol. The van der Waals surface area contributed by atoms with Crippen molar-refractivity contribution in [3.63, 3.8) is 0 Å². The van der Waals surface area contributed by atoms with E-state index in [0.717, 1.165) is 37.3 Å². The molecule has 1 amide bonds. The van der Waals surface area contributed by atoms with Gasteiger partial charge < -0.3 is 10.6 Å². The number of likely N-dealkylation sites (tertiary alicyclic amines) is 1. The van der Waals surface area contributed by atoms with E-state index in [1.54, 1.807) is 24.3 Å². The van der Waals surface area contributed by atoms with E-state index in [0.29, 0.717) is 5.82 Å². The first kappa shape index (κ1) is 19.6. The van der Waals surface area contributed by atoms with Gasteiger partial charge in [0.05, 0.1) is 0 Å². The first-order valence-electron chi connectivity index (χ1n) is 9.15. The lowest BCUT2D eigenvalue weighted by Crippen LogP contribution is -2.51. The molecule has 9 heteroatoms. The van der Waals surface area contributed by atoms with Crippen LogP contribution in [0.4, 0.5) is 5.69 Å². The van der Waals surface area contributed by atoms with Crippen LogP contribution in [-0.4, -0.2) is 52.7 Å². The van der Waals surface area contributed by atoms with Crippen LogP contribution in [0, 0.1) is 0 Å². The van der Waals surface area contributed by atoms with Gasteiger partial charge in [0.1, 0.15) is 6.04 Å². The van der Waals surface area contributed by atoms with Gasteiger partial charge in [-0.2, -0.15) is 0 Å². The highest BCUT2D eigenvalue weighted by Crippen LogP contribution is 2.22. The average Bonchev–Trinajstić information content (AvgIpc) is 3.32. The van der Waals surface area contributed by atoms with Crippen molar-refractivity contribution >= 4 is 24.0 Å². The van der Waals surface area contributed by atoms with Gasteiger partial charge in [0.15, 0.2) is 5.82 Å². The maximum atomic E-state index is 12.8. The highest BCUT2D eigenvalue weighted by atomic mass is 35.5. The molecule has 3 N–H and O–H groups in total. The summed E-state index contributed by atoms with van der Waals surface area (Å²) in [6.07, 6.45) is 4.74. The van der Waals surface area contributed by atoms with Gasteiger partial charge in [-0.05, 0) is 63.2 Å². The minimum Gasteiger partial charge on any atom is -0.325 e. The Balaban J connectivity index is 0.00000210. The number of carbonyl (C=O) groups excluding carboxylic acids is 1. The second-order valence-electron chi connectivity index (χ2n) is 6.89. The molecule has 146 valence electrons. The molecule has 2 aliphatic rings. The summed E-state index contributed by atoms with van der Waals surface area (Å²) < 4.78 is 4.51. The van der Waals surface area contributed by atoms with Crippen molar-refractivity contribution in [2.75, 3.05) is 25.0 Å². The molecule has 0 bridgehead atoms. The van der Waals surface area contributed by atoms with Crippen LogP contribution in [0.5, 0.6) is 0 Å². The van der Waals surface area contributed by atoms with Crippen molar-refractivity contribution < 1.29 is 9.32 Å². The Hall–Kier alpha value is -2.16. The van der Waals surface area contributed by atoms with E-state index in [2.05, 4.69) is 30.2 Å². The van der Waals surface area contributed by atoms with Gasteiger partial charge in [-0.25, -0.2) is 4.79 Å². The molecule has 3 heterocycles. The number of aromatic amines is 1. The summed E-state index contributed by atoms with van der Waals surface area (Å²) in [4.78, 5) is 28.7. The molecule has 1 unspecified atom stereocenters. The van der Waals surface area contributed by atoms with Crippen LogP contribution >= 0.6 is 12.4 Å². The smallest absolute Gasteiger partial charge is 0.325 e. The lowest BCUT2D eigenvalue weighted by atomic mass is 10.0. The predicted octanol–water partition coefficient (Wildman–Crippen LogP) is 1.61. The molecule has 2 aromatic rings. The number of nitrogens with one attached hydrogen (secondary N) is 3. The molecule has 1 aromatic heterocycles. The van der Waals surface area contributed by atoms with E-state index in [1.807, 2.05) is 0 Å². The highest BCUT2D eigenvalue weighted by Gasteiger charge is 2.36. The number of amides is 1. The zero-order chi connectivity index (χ0) is 17.9. The maximum Gasteiger partial charge on any atom is 0.439 e. The van der Waals surface area contributed by atoms with E-state index in [-0.39, 0.29) is 30.4 Å². The van der Waals surface area contributed by atoms with Crippen molar-refractivity contribution in [3.05, 3.63) is 34.8 Å². The zero-order valence-corrected chi connectivity index (χ0v) is 15.8. The second-order valence-corrected chi connectivity index (χ2v) is 6.89. The summed E-state index contributed by atoms with van der Waals surface area (Å²) in [6, 6.07) is 7.26. The lowest BCUT2D eigenvalue weighted by molar-refractivity contribution is -0.119. The number of piperidine rings is 1. The number of hydrogen-bond acceptors (Lipinski definition) is 6. The first-order valence-corrected chi connectivity index (χ1v) is 9.15. The van der Waals surface area contributed by atoms with E-state index in [9.17, 15) is 9.59 Å². The molecule has 2 fully saturated rings. The summed E-state index contributed by atoms with van der Waals surface area (Å²) in [5.74, 6) is -0.218. The van der Waals surface area contributed by atoms with Crippen molar-refractivity contribution in [1.82, 2.24) is 20.4 Å². The van der Waals surface area contributed by atoms with Gasteiger partial charge >= 0.3 is 5.76 Å². The van der Waals surface area contributed by atoms with Gasteiger partial charge in [0.2, 0.25) is 5.91 Å². The molecule has 0 saturated carbocycles. The van der Waals surface area contributed by atoms with E-state index < -0.39 is 5.76 Å². The van der Waals surface area contributed by atoms with E-state index in [1.165, 1.54) is 19.3 Å². The summed E-state index contributed by atoms with van der Waals surface area (Å²) in [5, 5.41) is 10.00. The number of benzene rings is 1. The monoisotopic (exact) mass is 393 g/mol. The molecule has 0 radical (unpaired) electrons. The second kappa shape index (κ2) is 8.69. The standard InChI is InChI=1S/C18H23N5O3.ClH/c24-17(15-14(8-9-19-15)23-10-2-1-3-11-23)20-13-6-4-12(5-7-13)16-21-18(25)26-22-16;/h4-7,14-15,19H,1-3,8-11H2,(H,20,24)(H,21,22,25);1H/t14?,15-;/m0./s1. The Bertz CT molecular complexity index is 813. The van der Waals surface area contributed by atoms with Crippen LogP contribution in [0.2, 0.25) is 0 Å². The number of nitrogens with zero attached hydrogens (tertiary/aromatic N) is 2. The minimum atomic E-state index is -0.589. The summed E-state index contributed by atoms with van der Waals surface area (Å²) in [6.45, 7) is 3.04. The molecule has 27 heavy (non-hydrogen) atoms. The lowest BCUT2D eigenvalue weighted by Gasteiger charge is -2.34. The van der Waals surface area contributed by atoms with Crippen molar-refractivity contribution in [2.45, 2.75) is 37.8 Å². The van der Waals surface area contributed by atoms with Crippen molar-refractivity contribution in [3.8, 4) is 11.4 Å². The number of aromatic nitrogens is 2. The van der Waals surface area contributed by atoms with Crippen molar-refractivity contribution in [2.24, 2.45) is 0 Å². The number of hydrogen-bond donors (Lipinski definition) is 3. The number of halogens is 1. The third kappa shape index (κ3) is 4.40. The maximum absolute atomic E-state index is 12.8. The molecule has 2 aliphatic heterocycles. The quantitative estimate of drug-likeness (QED) is 0.729. The van der Waals surface area contributed by atoms with Crippen LogP contribution in [-0.2, 0) is 4.79 Å². The Morgan fingerprint density at radius 2 is 1.93 bits per heavy atom. The van der Waals surface area contributed by atoms with Gasteiger partial charge in [0, 0.05) is 17.3 Å². The van der Waals surface area contributed by atoms with Crippen LogP contribution < -0.4 is 16.4 Å². The molecule has 0 aliphatic carbocycles. The number of rotatable bonds is 4. The van der Waals surface area contributed by atoms with Crippen LogP contribution in [0.15, 0.2) is 33.6 Å². The fraction of sp³-hybridized carbons (Fsp3) is 0.500. The molecule has 2 saturated heterocycles. The number of H-pyrrole nitrogens is 1. The highest BCUT2D eigenvalue weighted by molar-refractivity contribution is 5.95. The molecule has 1 aromatic carbocycles. The number of anilines is 1. The summed E-state index contributed by atoms with van der Waals surface area (Å²) in [7, 11) is 0. The van der Waals surface area contributed by atoms with Gasteiger partial charge in [-0.1, -0.05) is 11.6 Å². The van der Waals surface area contributed by atoms with E-state index in [4.69, 9.17) is 0 Å². The topological polar surface area (TPSA) is 103 Å². The van der Waals surface area contributed by atoms with Crippen LogP contribution in [0.3, 0.4) is 0 Å². The van der Waals surface area contributed by atoms with E-state index >= 15 is 0 Å². The first-order chi connectivity index (χ1) is 12.7. The largest absolute Gasteiger partial charge is 0.439 e. The third-order valence-electron chi connectivity index (χ3n) is 5.20. The Morgan fingerprint density at radius 3 is 2.59 bits per heavy atom. The minimum absolute atomic E-state index is 0. The van der Waals surface area contributed by atoms with Crippen LogP contribution in [0.25, 0.3) is 11.4 Å². The fourth-order valence-corrected chi connectivity index (χ4v) is 3.89. The molecular formula is C18H24ClN5O3. The number of carbonyl (C=O) groups is 1. The van der Waals surface area contributed by atoms with Crippen molar-refractivity contribution in [1.29, 1.82) is 0 Å². The van der Waals surface area contributed by atoms with Crippen LogP contribution in [0.1, 0.15) is 25.7 Å². The molecule has 0 spiro atoms. The van der Waals surface area contributed by atoms with Gasteiger partial charge in [-0.15, -0.1) is 12.4 Å².